The molecule has 0 radical (unpaired) electrons. The van der Waals surface area contributed by atoms with Crippen LogP contribution in [0.2, 0.25) is 0 Å². The molecule has 2 atom stereocenters. The summed E-state index contributed by atoms with van der Waals surface area (Å²) in [5, 5.41) is 22.4. The predicted molar refractivity (Wildman–Crippen MR) is 100 cm³/mol. The fraction of sp³-hybridized carbons (Fsp3) is 0.333. The van der Waals surface area contributed by atoms with E-state index in [0.717, 1.165) is 11.8 Å². The number of ketones is 1. The van der Waals surface area contributed by atoms with Gasteiger partial charge >= 0.3 is 5.63 Å². The van der Waals surface area contributed by atoms with Gasteiger partial charge < -0.3 is 19.4 Å². The number of fused-ring (bicyclic) bond motifs is 3. The van der Waals surface area contributed by atoms with Crippen LogP contribution in [-0.2, 0) is 16.1 Å². The molecule has 1 saturated carbocycles. The number of hydrogen-bond acceptors (Lipinski definition) is 6. The molecule has 0 amide bonds. The van der Waals surface area contributed by atoms with Crippen LogP contribution in [0.25, 0.3) is 16.7 Å². The van der Waals surface area contributed by atoms with E-state index in [0.29, 0.717) is 40.8 Å². The number of carbonyl (C=O) groups excluding carboxylic acids is 1. The number of Topliss-reactive ketones (excluding diaryl/α,β-unsaturated/α-hetero) is 1. The summed E-state index contributed by atoms with van der Waals surface area (Å²) in [6, 6.07) is 6.48. The van der Waals surface area contributed by atoms with E-state index in [4.69, 9.17) is 9.15 Å². The molecule has 0 saturated heterocycles. The van der Waals surface area contributed by atoms with Gasteiger partial charge in [-0.05, 0) is 36.5 Å². The fourth-order valence-corrected chi connectivity index (χ4v) is 4.77. The minimum Gasteiger partial charge on any atom is -0.494 e. The van der Waals surface area contributed by atoms with Crippen molar-refractivity contribution in [1.82, 2.24) is 4.57 Å². The second-order valence-electron chi connectivity index (χ2n) is 7.51. The second kappa shape index (κ2) is 5.97. The molecule has 7 heteroatoms. The number of methoxy groups -OCH3 is 1. The summed E-state index contributed by atoms with van der Waals surface area (Å²) in [6.07, 6.45) is 1.93. The van der Waals surface area contributed by atoms with E-state index >= 15 is 0 Å². The van der Waals surface area contributed by atoms with E-state index in [9.17, 15) is 19.8 Å². The summed E-state index contributed by atoms with van der Waals surface area (Å²) < 4.78 is 11.8. The number of rotatable bonds is 3. The Balaban J connectivity index is 1.72. The van der Waals surface area contributed by atoms with Crippen LogP contribution in [0.1, 0.15) is 47.8 Å². The molecule has 7 nitrogen and oxygen atoms in total. The Hall–Kier alpha value is -3.06. The molecule has 3 aliphatic carbocycles. The van der Waals surface area contributed by atoms with Gasteiger partial charge in [-0.15, -0.1) is 0 Å². The van der Waals surface area contributed by atoms with Gasteiger partial charge in [0.15, 0.2) is 0 Å². The topological polar surface area (TPSA) is 102 Å². The molecular weight excluding hydrogens is 362 g/mol. The summed E-state index contributed by atoms with van der Waals surface area (Å²) in [7, 11) is 1.55. The highest BCUT2D eigenvalue weighted by atomic mass is 16.5. The monoisotopic (exact) mass is 381 g/mol. The average molecular weight is 381 g/mol. The number of nitrogens with zero attached hydrogens (tertiary/aromatic N) is 1. The molecule has 2 bridgehead atoms. The zero-order valence-corrected chi connectivity index (χ0v) is 15.3. The van der Waals surface area contributed by atoms with Crippen LogP contribution in [-0.4, -0.2) is 27.7 Å². The van der Waals surface area contributed by atoms with E-state index in [2.05, 4.69) is 0 Å². The minimum atomic E-state index is -0.499. The van der Waals surface area contributed by atoms with Gasteiger partial charge in [0.25, 0.3) is 0 Å². The highest BCUT2D eigenvalue weighted by Crippen LogP contribution is 2.55. The predicted octanol–water partition coefficient (Wildman–Crippen LogP) is 3.08. The lowest BCUT2D eigenvalue weighted by Crippen LogP contribution is -2.28. The van der Waals surface area contributed by atoms with Gasteiger partial charge in [0.05, 0.1) is 12.3 Å². The maximum atomic E-state index is 12.3. The first kappa shape index (κ1) is 17.1. The number of benzene rings is 1. The highest BCUT2D eigenvalue weighted by Gasteiger charge is 2.45. The Morgan fingerprint density at radius 2 is 1.93 bits per heavy atom. The normalized spacial score (nSPS) is 20.7. The van der Waals surface area contributed by atoms with Crippen LogP contribution in [0.5, 0.6) is 11.8 Å². The number of aromatic hydroxyl groups is 2. The summed E-state index contributed by atoms with van der Waals surface area (Å²) >= 11 is 0. The first-order chi connectivity index (χ1) is 13.5. The van der Waals surface area contributed by atoms with Crippen LogP contribution in [0.3, 0.4) is 0 Å². The Kier molecular flexibility index (Phi) is 3.64. The summed E-state index contributed by atoms with van der Waals surface area (Å²) in [5.41, 5.74) is 2.20. The molecule has 144 valence electrons. The van der Waals surface area contributed by atoms with Crippen molar-refractivity contribution in [3.8, 4) is 17.4 Å². The number of carbonyl (C=O) groups is 1. The Morgan fingerprint density at radius 3 is 2.68 bits per heavy atom. The summed E-state index contributed by atoms with van der Waals surface area (Å²) in [4.78, 5) is 24.2. The van der Waals surface area contributed by atoms with Crippen LogP contribution in [0.15, 0.2) is 33.5 Å². The Bertz CT molecular complexity index is 1190. The summed E-state index contributed by atoms with van der Waals surface area (Å²) in [6.45, 7) is 0.265. The van der Waals surface area contributed by atoms with Gasteiger partial charge in [0.2, 0.25) is 11.8 Å². The lowest BCUT2D eigenvalue weighted by molar-refractivity contribution is -0.123. The molecule has 3 aliphatic rings. The first-order valence-electron chi connectivity index (χ1n) is 9.24. The fourth-order valence-electron chi connectivity index (χ4n) is 4.77. The van der Waals surface area contributed by atoms with Crippen molar-refractivity contribution in [2.75, 3.05) is 7.11 Å². The zero-order chi connectivity index (χ0) is 19.6. The van der Waals surface area contributed by atoms with Crippen LogP contribution < -0.4 is 5.63 Å². The highest BCUT2D eigenvalue weighted by molar-refractivity contribution is 5.91. The van der Waals surface area contributed by atoms with Crippen molar-refractivity contribution in [3.05, 3.63) is 51.4 Å². The molecule has 0 aliphatic heterocycles. The number of aromatic nitrogens is 1. The van der Waals surface area contributed by atoms with Gasteiger partial charge in [0.1, 0.15) is 11.4 Å². The van der Waals surface area contributed by atoms with Crippen molar-refractivity contribution in [2.45, 2.75) is 37.7 Å². The van der Waals surface area contributed by atoms with Gasteiger partial charge in [-0.3, -0.25) is 9.36 Å². The van der Waals surface area contributed by atoms with E-state index in [-0.39, 0.29) is 36.0 Å². The van der Waals surface area contributed by atoms with Crippen molar-refractivity contribution in [1.29, 1.82) is 0 Å². The molecule has 28 heavy (non-hydrogen) atoms. The smallest absolute Gasteiger partial charge is 0.336 e. The van der Waals surface area contributed by atoms with Crippen LogP contribution in [0, 0.1) is 0 Å². The number of hydrogen-bond donors (Lipinski definition) is 2. The van der Waals surface area contributed by atoms with Crippen molar-refractivity contribution >= 4 is 16.8 Å². The molecule has 2 aromatic heterocycles. The molecular formula is C21H19NO6. The van der Waals surface area contributed by atoms with E-state index in [1.165, 1.54) is 10.6 Å². The molecule has 0 spiro atoms. The van der Waals surface area contributed by atoms with Gasteiger partial charge in [-0.25, -0.2) is 4.79 Å². The minimum absolute atomic E-state index is 0.0514. The molecule has 0 unspecified atom stereocenters. The van der Waals surface area contributed by atoms with Crippen molar-refractivity contribution in [2.24, 2.45) is 0 Å². The molecule has 1 aromatic carbocycles. The lowest BCUT2D eigenvalue weighted by Gasteiger charge is -2.34. The van der Waals surface area contributed by atoms with Crippen LogP contribution >= 0.6 is 0 Å². The first-order valence-corrected chi connectivity index (χ1v) is 9.24. The largest absolute Gasteiger partial charge is 0.494 e. The third-order valence-corrected chi connectivity index (χ3v) is 5.96. The standard InChI is InChI=1S/C21H19NO6/c1-27-9-11-7-17(24)28-16-8-12(3-5-13(11)16)22-20(25)18-10-2-4-14(15(23)6-10)19(18)21(22)26/h3,5,7-8,10,14,25-26H,2,4,6,9H2,1H3/t10-,14+/m0/s1. The van der Waals surface area contributed by atoms with E-state index in [1.54, 1.807) is 25.3 Å². The van der Waals surface area contributed by atoms with Crippen molar-refractivity contribution in [3.63, 3.8) is 0 Å². The van der Waals surface area contributed by atoms with Gasteiger partial charge in [-0.2, -0.15) is 0 Å². The molecule has 2 N–H and O–H groups in total. The maximum absolute atomic E-state index is 12.3. The zero-order valence-electron chi connectivity index (χ0n) is 15.3. The van der Waals surface area contributed by atoms with E-state index in [1.807, 2.05) is 0 Å². The van der Waals surface area contributed by atoms with Gasteiger partial charge in [-0.1, -0.05) is 0 Å². The SMILES string of the molecule is COCc1cc(=O)oc2cc(-n3c(O)c4c(c3O)[C@@H]3CC[C@H]4CC3=O)ccc12. The van der Waals surface area contributed by atoms with Crippen molar-refractivity contribution < 1.29 is 24.2 Å². The molecule has 3 aromatic rings. The summed E-state index contributed by atoms with van der Waals surface area (Å²) in [5.74, 6) is -0.482. The second-order valence-corrected chi connectivity index (χ2v) is 7.51. The van der Waals surface area contributed by atoms with Crippen LogP contribution in [0.4, 0.5) is 0 Å². The molecule has 6 rings (SSSR count). The third kappa shape index (κ3) is 2.26. The molecule has 1 fully saturated rings. The molecule has 2 heterocycles. The quantitative estimate of drug-likeness (QED) is 0.676. The maximum Gasteiger partial charge on any atom is 0.336 e. The Morgan fingerprint density at radius 1 is 1.14 bits per heavy atom. The van der Waals surface area contributed by atoms with E-state index < -0.39 is 5.63 Å². The van der Waals surface area contributed by atoms with Gasteiger partial charge in [0, 0.05) is 48.1 Å². The average Bonchev–Trinajstić information content (AvgIpc) is 2.94. The lowest BCUT2D eigenvalue weighted by atomic mass is 9.67. The number of ether oxygens (including phenoxy) is 1. The Labute approximate surface area is 159 Å². The third-order valence-electron chi connectivity index (χ3n) is 5.96.